The number of Topliss-reactive ketones (excluding diaryl/α,β-unsaturated/α-hetero) is 1. The minimum Gasteiger partial charge on any atom is -0.494 e. The monoisotopic (exact) mass is 505 g/mol. The van der Waals surface area contributed by atoms with Crippen LogP contribution in [0.25, 0.3) is 0 Å². The first kappa shape index (κ1) is 26.3. The molecular weight excluding hydrogens is 470 g/mol. The number of ketones is 1. The SMILES string of the molecule is CCCOC(=O)C1=C(C)NC2=C(C(=O)C[C@@H](c3ccc(OC)c(OC)c3)C2)[C@H]1c1ccccc1OCC. The summed E-state index contributed by atoms with van der Waals surface area (Å²) in [5, 5.41) is 3.40. The molecule has 2 aromatic rings. The maximum Gasteiger partial charge on any atom is 0.336 e. The van der Waals surface area contributed by atoms with E-state index in [9.17, 15) is 9.59 Å². The standard InChI is InChI=1S/C30H35NO6/c1-6-14-37-30(33)27-18(3)31-22-15-20(19-12-13-25(34-4)26(17-19)35-5)16-23(32)29(22)28(27)21-10-8-9-11-24(21)36-7-2/h8-13,17,20,28,31H,6-7,14-16H2,1-5H3/t20-,28-/m0/s1. The molecule has 37 heavy (non-hydrogen) atoms. The molecule has 0 radical (unpaired) electrons. The summed E-state index contributed by atoms with van der Waals surface area (Å²) in [7, 11) is 3.20. The van der Waals surface area contributed by atoms with Gasteiger partial charge in [-0.15, -0.1) is 0 Å². The molecule has 0 saturated heterocycles. The van der Waals surface area contributed by atoms with Crippen molar-refractivity contribution < 1.29 is 28.5 Å². The smallest absolute Gasteiger partial charge is 0.336 e. The Balaban J connectivity index is 1.79. The quantitative estimate of drug-likeness (QED) is 0.456. The molecule has 4 rings (SSSR count). The molecule has 2 atom stereocenters. The van der Waals surface area contributed by atoms with Crippen LogP contribution < -0.4 is 19.5 Å². The van der Waals surface area contributed by atoms with Gasteiger partial charge in [0.15, 0.2) is 17.3 Å². The van der Waals surface area contributed by atoms with Gasteiger partial charge < -0.3 is 24.3 Å². The van der Waals surface area contributed by atoms with E-state index >= 15 is 0 Å². The highest BCUT2D eigenvalue weighted by Gasteiger charge is 2.42. The lowest BCUT2D eigenvalue weighted by molar-refractivity contribution is -0.139. The highest BCUT2D eigenvalue weighted by atomic mass is 16.5. The fourth-order valence-corrected chi connectivity index (χ4v) is 5.24. The van der Waals surface area contributed by atoms with Gasteiger partial charge in [0.25, 0.3) is 0 Å². The van der Waals surface area contributed by atoms with Crippen LogP contribution >= 0.6 is 0 Å². The highest BCUT2D eigenvalue weighted by molar-refractivity contribution is 6.04. The Bertz CT molecular complexity index is 1240. The van der Waals surface area contributed by atoms with Crippen LogP contribution in [0.3, 0.4) is 0 Å². The second-order valence-electron chi connectivity index (χ2n) is 9.24. The van der Waals surface area contributed by atoms with Gasteiger partial charge in [-0.25, -0.2) is 4.79 Å². The van der Waals surface area contributed by atoms with Crippen LogP contribution in [-0.4, -0.2) is 39.2 Å². The average Bonchev–Trinajstić information content (AvgIpc) is 2.90. The summed E-state index contributed by atoms with van der Waals surface area (Å²) < 4.78 is 22.4. The van der Waals surface area contributed by atoms with Gasteiger partial charge in [-0.05, 0) is 56.4 Å². The molecule has 0 aromatic heterocycles. The van der Waals surface area contributed by atoms with Gasteiger partial charge in [0.2, 0.25) is 0 Å². The highest BCUT2D eigenvalue weighted by Crippen LogP contribution is 2.48. The zero-order valence-electron chi connectivity index (χ0n) is 22.2. The van der Waals surface area contributed by atoms with Crippen molar-refractivity contribution in [1.29, 1.82) is 0 Å². The van der Waals surface area contributed by atoms with E-state index in [-0.39, 0.29) is 11.7 Å². The number of allylic oxidation sites excluding steroid dienone is 3. The maximum absolute atomic E-state index is 13.9. The third-order valence-electron chi connectivity index (χ3n) is 6.89. The summed E-state index contributed by atoms with van der Waals surface area (Å²) in [6, 6.07) is 13.4. The Morgan fingerprint density at radius 3 is 2.46 bits per heavy atom. The van der Waals surface area contributed by atoms with Crippen LogP contribution in [0.4, 0.5) is 0 Å². The van der Waals surface area contributed by atoms with Gasteiger partial charge >= 0.3 is 5.97 Å². The summed E-state index contributed by atoms with van der Waals surface area (Å²) >= 11 is 0. The second-order valence-corrected chi connectivity index (χ2v) is 9.24. The topological polar surface area (TPSA) is 83.1 Å². The van der Waals surface area contributed by atoms with Crippen molar-refractivity contribution in [1.82, 2.24) is 5.32 Å². The lowest BCUT2D eigenvalue weighted by atomic mass is 9.71. The zero-order valence-corrected chi connectivity index (χ0v) is 22.2. The van der Waals surface area contributed by atoms with Crippen LogP contribution in [0.2, 0.25) is 0 Å². The van der Waals surface area contributed by atoms with Crippen molar-refractivity contribution in [2.45, 2.75) is 51.9 Å². The lowest BCUT2D eigenvalue weighted by Gasteiger charge is -2.37. The van der Waals surface area contributed by atoms with Crippen LogP contribution in [0.5, 0.6) is 17.2 Å². The minimum atomic E-state index is -0.567. The van der Waals surface area contributed by atoms with Gasteiger partial charge in [-0.1, -0.05) is 31.2 Å². The fraction of sp³-hybridized carbons (Fsp3) is 0.400. The molecular formula is C30H35NO6. The van der Waals surface area contributed by atoms with E-state index < -0.39 is 11.9 Å². The molecule has 196 valence electrons. The van der Waals surface area contributed by atoms with Crippen LogP contribution in [0.1, 0.15) is 63.0 Å². The fourth-order valence-electron chi connectivity index (χ4n) is 5.24. The molecule has 1 heterocycles. The van der Waals surface area contributed by atoms with Crippen molar-refractivity contribution >= 4 is 11.8 Å². The molecule has 1 aliphatic heterocycles. The molecule has 0 fully saturated rings. The normalized spacial score (nSPS) is 19.2. The van der Waals surface area contributed by atoms with E-state index in [0.29, 0.717) is 66.6 Å². The number of benzene rings is 2. The second kappa shape index (κ2) is 11.5. The molecule has 0 saturated carbocycles. The number of carbonyl (C=O) groups is 2. The van der Waals surface area contributed by atoms with Crippen molar-refractivity contribution in [2.75, 3.05) is 27.4 Å². The van der Waals surface area contributed by atoms with Crippen LogP contribution in [0, 0.1) is 0 Å². The van der Waals surface area contributed by atoms with E-state index in [1.807, 2.05) is 63.2 Å². The molecule has 0 amide bonds. The number of hydrogen-bond donors (Lipinski definition) is 1. The summed E-state index contributed by atoms with van der Waals surface area (Å²) in [4.78, 5) is 27.2. The van der Waals surface area contributed by atoms with E-state index in [0.717, 1.165) is 16.8 Å². The van der Waals surface area contributed by atoms with Gasteiger partial charge in [-0.2, -0.15) is 0 Å². The first-order valence-corrected chi connectivity index (χ1v) is 12.8. The number of esters is 1. The van der Waals surface area contributed by atoms with Crippen molar-refractivity contribution in [3.8, 4) is 17.2 Å². The third-order valence-corrected chi connectivity index (χ3v) is 6.89. The van der Waals surface area contributed by atoms with Crippen LogP contribution in [0.15, 0.2) is 65.0 Å². The van der Waals surface area contributed by atoms with Crippen molar-refractivity contribution in [3.05, 3.63) is 76.1 Å². The maximum atomic E-state index is 13.9. The number of carbonyl (C=O) groups excluding carboxylic acids is 2. The number of ether oxygens (including phenoxy) is 4. The Hall–Kier alpha value is -3.74. The molecule has 0 bridgehead atoms. The van der Waals surface area contributed by atoms with Gasteiger partial charge in [0.1, 0.15) is 5.75 Å². The predicted octanol–water partition coefficient (Wildman–Crippen LogP) is 5.42. The summed E-state index contributed by atoms with van der Waals surface area (Å²) in [5.41, 5.74) is 4.38. The first-order valence-electron chi connectivity index (χ1n) is 12.8. The minimum absolute atomic E-state index is 0.00173. The molecule has 7 heteroatoms. The molecule has 1 N–H and O–H groups in total. The number of nitrogens with one attached hydrogen (secondary N) is 1. The molecule has 0 unspecified atom stereocenters. The first-order chi connectivity index (χ1) is 17.9. The van der Waals surface area contributed by atoms with E-state index in [2.05, 4.69) is 5.32 Å². The number of dihydropyridines is 1. The lowest BCUT2D eigenvalue weighted by Crippen LogP contribution is -2.36. The summed E-state index contributed by atoms with van der Waals surface area (Å²) in [6.07, 6.45) is 1.66. The molecule has 0 spiro atoms. The molecule has 2 aromatic carbocycles. The number of para-hydroxylation sites is 1. The zero-order chi connectivity index (χ0) is 26.5. The average molecular weight is 506 g/mol. The Labute approximate surface area is 218 Å². The molecule has 7 nitrogen and oxygen atoms in total. The van der Waals surface area contributed by atoms with Gasteiger partial charge in [-0.3, -0.25) is 4.79 Å². The molecule has 2 aliphatic rings. The van der Waals surface area contributed by atoms with E-state index in [1.54, 1.807) is 14.2 Å². The van der Waals surface area contributed by atoms with Gasteiger partial charge in [0, 0.05) is 29.0 Å². The molecule has 1 aliphatic carbocycles. The van der Waals surface area contributed by atoms with Crippen molar-refractivity contribution in [3.63, 3.8) is 0 Å². The Morgan fingerprint density at radius 2 is 1.76 bits per heavy atom. The van der Waals surface area contributed by atoms with Gasteiger partial charge in [0.05, 0.1) is 38.9 Å². The Kier molecular flexibility index (Phi) is 8.21. The number of hydrogen-bond acceptors (Lipinski definition) is 7. The Morgan fingerprint density at radius 1 is 1.00 bits per heavy atom. The van der Waals surface area contributed by atoms with Crippen molar-refractivity contribution in [2.24, 2.45) is 0 Å². The summed E-state index contributed by atoms with van der Waals surface area (Å²) in [6.45, 7) is 6.53. The third kappa shape index (κ3) is 5.22. The van der Waals surface area contributed by atoms with E-state index in [4.69, 9.17) is 18.9 Å². The van der Waals surface area contributed by atoms with E-state index in [1.165, 1.54) is 0 Å². The largest absolute Gasteiger partial charge is 0.494 e. The predicted molar refractivity (Wildman–Crippen MR) is 141 cm³/mol. The summed E-state index contributed by atoms with van der Waals surface area (Å²) in [5.74, 6) is 0.912. The number of methoxy groups -OCH3 is 2. The number of rotatable bonds is 9. The van der Waals surface area contributed by atoms with Crippen LogP contribution in [-0.2, 0) is 14.3 Å².